The summed E-state index contributed by atoms with van der Waals surface area (Å²) in [6.45, 7) is 20.7. The van der Waals surface area contributed by atoms with E-state index in [9.17, 15) is 20.6 Å². The fourth-order valence-electron chi connectivity index (χ4n) is 9.74. The van der Waals surface area contributed by atoms with Crippen LogP contribution >= 0.6 is 0 Å². The Bertz CT molecular complexity index is 2670. The average Bonchev–Trinajstić information content (AvgIpc) is 3.28. The Kier molecular flexibility index (Phi) is 14.1. The number of anilines is 1. The van der Waals surface area contributed by atoms with E-state index in [1.807, 2.05) is 60.7 Å². The van der Waals surface area contributed by atoms with Crippen LogP contribution < -0.4 is 4.90 Å². The molecule has 0 unspecified atom stereocenters. The molecule has 62 heavy (non-hydrogen) atoms. The third-order valence-corrected chi connectivity index (χ3v) is 12.7. The molecule has 0 aromatic heterocycles. The van der Waals surface area contributed by atoms with E-state index < -0.39 is 0 Å². The topological polar surface area (TPSA) is 95.1 Å². The van der Waals surface area contributed by atoms with Crippen LogP contribution in [-0.4, -0.2) is 51.8 Å². The standard InChI is InChI=1S/C55H60N4O3/c1-6-10-18-32-58(33-19-11-7-2)53-39-26-16-14-24-37(39)48(46-41(53)28-22-30-44(46)60)51-50(43(36-56)57-5)52(55(51)62)49-38-25-15-17-27-40(38)54(42-29-23-31-45(61)47(42)49)59(34-20-12-8-3)35-21-13-9-4/h14-17,22-31H,6-13,18-21,32-35H2,1-4H3,(H2-,60,61,62)/p+1. The number of nitriles is 1. The van der Waals surface area contributed by atoms with Gasteiger partial charge in [-0.05, 0) is 60.9 Å². The highest BCUT2D eigenvalue weighted by Gasteiger charge is 2.43. The largest absolute Gasteiger partial charge is 0.507 e. The fraction of sp³-hybridized carbons (Fsp3) is 0.364. The lowest BCUT2D eigenvalue weighted by molar-refractivity contribution is -0.528. The molecule has 7 nitrogen and oxygen atoms in total. The fourth-order valence-corrected chi connectivity index (χ4v) is 9.74. The van der Waals surface area contributed by atoms with Crippen molar-refractivity contribution in [2.45, 2.75) is 105 Å². The molecule has 5 aromatic rings. The Hall–Kier alpha value is -6.31. The van der Waals surface area contributed by atoms with Crippen LogP contribution in [0.2, 0.25) is 0 Å². The van der Waals surface area contributed by atoms with E-state index in [2.05, 4.69) is 60.2 Å². The summed E-state index contributed by atoms with van der Waals surface area (Å²) >= 11 is 0. The van der Waals surface area contributed by atoms with Gasteiger partial charge in [0.05, 0.1) is 29.5 Å². The molecule has 0 aliphatic heterocycles. The van der Waals surface area contributed by atoms with E-state index in [-0.39, 0.29) is 23.0 Å². The van der Waals surface area contributed by atoms with Crippen molar-refractivity contribution in [1.82, 2.24) is 0 Å². The van der Waals surface area contributed by atoms with Crippen LogP contribution in [0.3, 0.4) is 0 Å². The van der Waals surface area contributed by atoms with Crippen molar-refractivity contribution in [3.8, 4) is 17.6 Å². The number of phenols is 2. The number of aliphatic hydroxyl groups excluding tert-OH is 1. The summed E-state index contributed by atoms with van der Waals surface area (Å²) in [7, 11) is 0. The maximum Gasteiger partial charge on any atom is 0.270 e. The Morgan fingerprint density at radius 1 is 0.597 bits per heavy atom. The van der Waals surface area contributed by atoms with Gasteiger partial charge < -0.3 is 20.2 Å². The number of hydrogen-bond acceptors (Lipinski definition) is 5. The lowest BCUT2D eigenvalue weighted by Gasteiger charge is -2.35. The minimum atomic E-state index is -0.164. The van der Waals surface area contributed by atoms with Crippen LogP contribution in [0.4, 0.5) is 5.69 Å². The highest BCUT2D eigenvalue weighted by Crippen LogP contribution is 2.57. The van der Waals surface area contributed by atoms with Gasteiger partial charge in [-0.15, -0.1) is 0 Å². The van der Waals surface area contributed by atoms with Crippen LogP contribution in [0.15, 0.2) is 108 Å². The number of unbranched alkanes of at least 4 members (excludes halogenated alkanes) is 8. The van der Waals surface area contributed by atoms with Crippen molar-refractivity contribution in [2.75, 3.05) is 31.1 Å². The molecule has 0 radical (unpaired) electrons. The van der Waals surface area contributed by atoms with Crippen LogP contribution in [0.5, 0.6) is 11.5 Å². The van der Waals surface area contributed by atoms with Gasteiger partial charge in [-0.2, -0.15) is 0 Å². The van der Waals surface area contributed by atoms with Crippen LogP contribution in [0.1, 0.15) is 133 Å². The third-order valence-electron chi connectivity index (χ3n) is 12.7. The Labute approximate surface area is 368 Å². The summed E-state index contributed by atoms with van der Waals surface area (Å²) in [4.78, 5) is 6.27. The molecule has 0 bridgehead atoms. The monoisotopic (exact) mass is 825 g/mol. The first-order valence-corrected chi connectivity index (χ1v) is 23.0. The van der Waals surface area contributed by atoms with Gasteiger partial charge in [0.25, 0.3) is 5.70 Å². The Morgan fingerprint density at radius 3 is 1.77 bits per heavy atom. The first-order valence-electron chi connectivity index (χ1n) is 23.0. The summed E-state index contributed by atoms with van der Waals surface area (Å²) in [5, 5.41) is 50.7. The highest BCUT2D eigenvalue weighted by atomic mass is 16.3. The number of fused-ring (bicyclic) bond motifs is 4. The van der Waals surface area contributed by atoms with Crippen molar-refractivity contribution in [2.24, 2.45) is 0 Å². The van der Waals surface area contributed by atoms with Gasteiger partial charge in [0, 0.05) is 75.5 Å². The lowest BCUT2D eigenvalue weighted by atomic mass is 9.69. The highest BCUT2D eigenvalue weighted by molar-refractivity contribution is 6.26. The molecule has 0 fully saturated rings. The average molecular weight is 826 g/mol. The zero-order valence-electron chi connectivity index (χ0n) is 37.0. The predicted molar refractivity (Wildman–Crippen MR) is 256 cm³/mol. The quantitative estimate of drug-likeness (QED) is 0.0264. The normalized spacial score (nSPS) is 15.2. The molecule has 0 saturated carbocycles. The maximum atomic E-state index is 12.8. The maximum absolute atomic E-state index is 12.8. The van der Waals surface area contributed by atoms with E-state index >= 15 is 0 Å². The molecule has 2 aliphatic carbocycles. The van der Waals surface area contributed by atoms with Gasteiger partial charge in [0.15, 0.2) is 0 Å². The Morgan fingerprint density at radius 2 is 1.15 bits per heavy atom. The van der Waals surface area contributed by atoms with E-state index in [1.54, 1.807) is 12.1 Å². The molecule has 0 amide bonds. The third kappa shape index (κ3) is 8.10. The van der Waals surface area contributed by atoms with Crippen LogP contribution in [0, 0.1) is 17.9 Å². The van der Waals surface area contributed by atoms with E-state index in [0.717, 1.165) is 147 Å². The summed E-state index contributed by atoms with van der Waals surface area (Å²) in [5.74, 6) is 0.0436. The second-order valence-corrected chi connectivity index (χ2v) is 16.8. The zero-order chi connectivity index (χ0) is 43.8. The molecular formula is C55H61N4O3+. The number of benzene rings is 5. The predicted octanol–water partition coefficient (Wildman–Crippen LogP) is 13.6. The summed E-state index contributed by atoms with van der Waals surface area (Å²) in [5.41, 5.74) is 7.32. The van der Waals surface area contributed by atoms with E-state index in [4.69, 9.17) is 6.57 Å². The number of nitrogens with zero attached hydrogens (tertiary/aromatic N) is 4. The SMILES string of the molecule is [C-]#[N+]C(C#N)=C1C(c2c3ccccc3c(N(CCCCC)CCCCC)c3cccc(O)c23)=C(O)/C1=C1\c2ccccc2C(=[N+](CCCCC)CCCCC)c2cccc(O)c21. The number of phenolic OH excluding ortho intramolecular Hbond substituents is 2. The number of rotatable bonds is 18. The van der Waals surface area contributed by atoms with Gasteiger partial charge in [0.2, 0.25) is 5.71 Å². The molecule has 5 aromatic carbocycles. The summed E-state index contributed by atoms with van der Waals surface area (Å²) in [6, 6.07) is 29.6. The molecule has 318 valence electrons. The van der Waals surface area contributed by atoms with E-state index in [1.165, 1.54) is 0 Å². The number of aliphatic hydroxyl groups is 1. The van der Waals surface area contributed by atoms with Gasteiger partial charge in [-0.1, -0.05) is 127 Å². The number of hydrogen-bond donors (Lipinski definition) is 3. The molecule has 0 spiro atoms. The second kappa shape index (κ2) is 20.0. The van der Waals surface area contributed by atoms with Gasteiger partial charge in [-0.3, -0.25) is 0 Å². The van der Waals surface area contributed by atoms with Crippen molar-refractivity contribution >= 4 is 44.1 Å². The van der Waals surface area contributed by atoms with Crippen molar-refractivity contribution < 1.29 is 19.9 Å². The molecule has 0 atom stereocenters. The first kappa shape index (κ1) is 43.8. The smallest absolute Gasteiger partial charge is 0.270 e. The summed E-state index contributed by atoms with van der Waals surface area (Å²) in [6.07, 6.45) is 13.0. The van der Waals surface area contributed by atoms with Crippen molar-refractivity contribution in [3.63, 3.8) is 0 Å². The van der Waals surface area contributed by atoms with Gasteiger partial charge in [-0.25, -0.2) is 14.7 Å². The molecule has 2 aliphatic rings. The number of aromatic hydroxyl groups is 2. The van der Waals surface area contributed by atoms with Crippen molar-refractivity contribution in [3.05, 3.63) is 147 Å². The molecule has 0 heterocycles. The second-order valence-electron chi connectivity index (χ2n) is 16.8. The molecule has 7 rings (SSSR count). The molecular weight excluding hydrogens is 765 g/mol. The van der Waals surface area contributed by atoms with Gasteiger partial charge in [0.1, 0.15) is 30.3 Å². The first-order chi connectivity index (χ1) is 30.4. The number of allylic oxidation sites excluding steroid dienone is 3. The lowest BCUT2D eigenvalue weighted by Crippen LogP contribution is -2.30. The minimum Gasteiger partial charge on any atom is -0.507 e. The minimum absolute atomic E-state index is 0.0603. The zero-order valence-corrected chi connectivity index (χ0v) is 37.0. The van der Waals surface area contributed by atoms with Crippen LogP contribution in [-0.2, 0) is 0 Å². The molecule has 3 N–H and O–H groups in total. The van der Waals surface area contributed by atoms with Gasteiger partial charge >= 0.3 is 0 Å². The summed E-state index contributed by atoms with van der Waals surface area (Å²) < 4.78 is 2.47. The molecule has 0 saturated heterocycles. The van der Waals surface area contributed by atoms with Crippen LogP contribution in [0.25, 0.3) is 37.5 Å². The molecule has 7 heteroatoms. The Balaban J connectivity index is 1.57. The van der Waals surface area contributed by atoms with E-state index in [0.29, 0.717) is 38.8 Å². The van der Waals surface area contributed by atoms with Crippen molar-refractivity contribution in [1.29, 1.82) is 5.26 Å².